The Labute approximate surface area is 91.4 Å². The molecule has 0 saturated carbocycles. The largest absolute Gasteiger partial charge is 0.395 e. The van der Waals surface area contributed by atoms with Crippen LogP contribution >= 0.6 is 0 Å². The number of nitrogens with one attached hydrogen (secondary N) is 1. The van der Waals surface area contributed by atoms with Gasteiger partial charge < -0.3 is 15.2 Å². The van der Waals surface area contributed by atoms with Crippen molar-refractivity contribution in [3.05, 3.63) is 0 Å². The number of aliphatic hydroxyl groups excluding tert-OH is 1. The molecule has 0 heterocycles. The molecule has 5 heteroatoms. The molecule has 0 unspecified atom stereocenters. The van der Waals surface area contributed by atoms with Crippen molar-refractivity contribution in [1.82, 2.24) is 10.2 Å². The van der Waals surface area contributed by atoms with Gasteiger partial charge >= 0.3 is 0 Å². The van der Waals surface area contributed by atoms with Gasteiger partial charge in [0.15, 0.2) is 0 Å². The van der Waals surface area contributed by atoms with Crippen LogP contribution in [0.3, 0.4) is 0 Å². The van der Waals surface area contributed by atoms with E-state index in [0.717, 1.165) is 19.5 Å². The van der Waals surface area contributed by atoms with Crippen LogP contribution < -0.4 is 5.32 Å². The molecule has 0 radical (unpaired) electrons. The second-order valence-corrected chi connectivity index (χ2v) is 3.33. The van der Waals surface area contributed by atoms with Gasteiger partial charge in [-0.05, 0) is 13.0 Å². The Kier molecular flexibility index (Phi) is 9.46. The third kappa shape index (κ3) is 8.35. The van der Waals surface area contributed by atoms with Crippen molar-refractivity contribution < 1.29 is 14.6 Å². The summed E-state index contributed by atoms with van der Waals surface area (Å²) in [4.78, 5) is 13.1. The van der Waals surface area contributed by atoms with E-state index in [9.17, 15) is 4.79 Å². The molecule has 90 valence electrons. The number of aliphatic hydroxyl groups is 1. The fourth-order valence-corrected chi connectivity index (χ4v) is 1.29. The monoisotopic (exact) mass is 218 g/mol. The van der Waals surface area contributed by atoms with Crippen molar-refractivity contribution in [2.24, 2.45) is 0 Å². The minimum Gasteiger partial charge on any atom is -0.395 e. The first kappa shape index (κ1) is 14.3. The van der Waals surface area contributed by atoms with Crippen LogP contribution in [0.5, 0.6) is 0 Å². The number of hydrogen-bond acceptors (Lipinski definition) is 4. The maximum Gasteiger partial charge on any atom is 0.219 e. The number of methoxy groups -OCH3 is 1. The van der Waals surface area contributed by atoms with Gasteiger partial charge in [-0.2, -0.15) is 0 Å². The Morgan fingerprint density at radius 2 is 2.13 bits per heavy atom. The maximum absolute atomic E-state index is 11.0. The van der Waals surface area contributed by atoms with Crippen LogP contribution in [0.1, 0.15) is 12.8 Å². The fraction of sp³-hybridized carbons (Fsp3) is 0.900. The first-order valence-corrected chi connectivity index (χ1v) is 5.27. The molecule has 0 fully saturated rings. The zero-order valence-corrected chi connectivity index (χ0v) is 9.66. The highest BCUT2D eigenvalue weighted by molar-refractivity contribution is 5.75. The summed E-state index contributed by atoms with van der Waals surface area (Å²) in [7, 11) is 3.29. The first-order valence-electron chi connectivity index (χ1n) is 5.27. The van der Waals surface area contributed by atoms with Gasteiger partial charge in [0.1, 0.15) is 0 Å². The number of carbonyl (C=O) groups excluding carboxylic acids is 1. The van der Waals surface area contributed by atoms with Crippen LogP contribution in [-0.4, -0.2) is 62.9 Å². The highest BCUT2D eigenvalue weighted by Gasteiger charge is 2.05. The third-order valence-corrected chi connectivity index (χ3v) is 2.18. The lowest BCUT2D eigenvalue weighted by atomic mass is 10.2. The van der Waals surface area contributed by atoms with Crippen molar-refractivity contribution in [2.45, 2.75) is 12.8 Å². The summed E-state index contributed by atoms with van der Waals surface area (Å²) in [5, 5.41) is 11.4. The number of ether oxygens (including phenoxy) is 1. The molecule has 15 heavy (non-hydrogen) atoms. The van der Waals surface area contributed by atoms with E-state index < -0.39 is 0 Å². The van der Waals surface area contributed by atoms with Crippen LogP contribution in [0.2, 0.25) is 0 Å². The standard InChI is InChI=1S/C10H22N2O3/c1-11-10(14)4-3-5-12(6-8-13)7-9-15-2/h13H,3-9H2,1-2H3,(H,11,14). The van der Waals surface area contributed by atoms with E-state index in [4.69, 9.17) is 9.84 Å². The van der Waals surface area contributed by atoms with E-state index in [1.54, 1.807) is 14.2 Å². The van der Waals surface area contributed by atoms with Crippen molar-refractivity contribution in [3.63, 3.8) is 0 Å². The number of hydrogen-bond donors (Lipinski definition) is 2. The van der Waals surface area contributed by atoms with Gasteiger partial charge in [-0.25, -0.2) is 0 Å². The van der Waals surface area contributed by atoms with Crippen molar-refractivity contribution in [2.75, 3.05) is 47.0 Å². The van der Waals surface area contributed by atoms with Gasteiger partial charge in [0, 0.05) is 33.7 Å². The van der Waals surface area contributed by atoms with Crippen LogP contribution in [0.25, 0.3) is 0 Å². The SMILES string of the molecule is CNC(=O)CCCN(CCO)CCOC. The third-order valence-electron chi connectivity index (χ3n) is 2.18. The summed E-state index contributed by atoms with van der Waals surface area (Å²) in [6.45, 7) is 3.04. The molecule has 0 atom stereocenters. The van der Waals surface area contributed by atoms with E-state index >= 15 is 0 Å². The molecule has 0 aromatic rings. The molecule has 0 spiro atoms. The Bertz CT molecular complexity index is 165. The van der Waals surface area contributed by atoms with E-state index in [1.165, 1.54) is 0 Å². The summed E-state index contributed by atoms with van der Waals surface area (Å²) in [6, 6.07) is 0. The van der Waals surface area contributed by atoms with Gasteiger partial charge in [-0.1, -0.05) is 0 Å². The molecule has 0 saturated heterocycles. The van der Waals surface area contributed by atoms with E-state index in [1.807, 2.05) is 0 Å². The van der Waals surface area contributed by atoms with Gasteiger partial charge in [-0.15, -0.1) is 0 Å². The molecule has 2 N–H and O–H groups in total. The lowest BCUT2D eigenvalue weighted by molar-refractivity contribution is -0.120. The van der Waals surface area contributed by atoms with Crippen molar-refractivity contribution >= 4 is 5.91 Å². The molecule has 0 aliphatic rings. The average Bonchev–Trinajstić information content (AvgIpc) is 2.25. The summed E-state index contributed by atoms with van der Waals surface area (Å²) in [5.41, 5.74) is 0. The molecule has 1 amide bonds. The lowest BCUT2D eigenvalue weighted by Gasteiger charge is -2.20. The van der Waals surface area contributed by atoms with Crippen LogP contribution in [0, 0.1) is 0 Å². The Morgan fingerprint density at radius 1 is 1.40 bits per heavy atom. The van der Waals surface area contributed by atoms with Gasteiger partial charge in [-0.3, -0.25) is 9.69 Å². The van der Waals surface area contributed by atoms with E-state index in [2.05, 4.69) is 10.2 Å². The summed E-state index contributed by atoms with van der Waals surface area (Å²) in [5.74, 6) is 0.0608. The van der Waals surface area contributed by atoms with Crippen LogP contribution in [0.15, 0.2) is 0 Å². The first-order chi connectivity index (χ1) is 7.24. The Hall–Kier alpha value is -0.650. The molecule has 0 aliphatic carbocycles. The highest BCUT2D eigenvalue weighted by Crippen LogP contribution is 1.95. The molecule has 0 bridgehead atoms. The summed E-state index contributed by atoms with van der Waals surface area (Å²) >= 11 is 0. The minimum atomic E-state index is 0.0608. The molecular formula is C10H22N2O3. The Morgan fingerprint density at radius 3 is 2.67 bits per heavy atom. The molecule has 0 rings (SSSR count). The van der Waals surface area contributed by atoms with Gasteiger partial charge in [0.25, 0.3) is 0 Å². The minimum absolute atomic E-state index is 0.0608. The zero-order chi connectivity index (χ0) is 11.5. The number of rotatable bonds is 9. The van der Waals surface area contributed by atoms with E-state index in [0.29, 0.717) is 19.6 Å². The zero-order valence-electron chi connectivity index (χ0n) is 9.66. The van der Waals surface area contributed by atoms with Crippen LogP contribution in [0.4, 0.5) is 0 Å². The topological polar surface area (TPSA) is 61.8 Å². The molecule has 0 aromatic carbocycles. The van der Waals surface area contributed by atoms with Crippen molar-refractivity contribution in [3.8, 4) is 0 Å². The van der Waals surface area contributed by atoms with Crippen molar-refractivity contribution in [1.29, 1.82) is 0 Å². The predicted octanol–water partition coefficient (Wildman–Crippen LogP) is -0.547. The number of carbonyl (C=O) groups is 1. The normalized spacial score (nSPS) is 10.7. The predicted molar refractivity (Wildman–Crippen MR) is 58.7 cm³/mol. The maximum atomic E-state index is 11.0. The number of nitrogens with zero attached hydrogens (tertiary/aromatic N) is 1. The van der Waals surface area contributed by atoms with Gasteiger partial charge in [0.05, 0.1) is 13.2 Å². The van der Waals surface area contributed by atoms with Crippen LogP contribution in [-0.2, 0) is 9.53 Å². The fourth-order valence-electron chi connectivity index (χ4n) is 1.29. The lowest BCUT2D eigenvalue weighted by Crippen LogP contribution is -2.32. The molecule has 0 aromatic heterocycles. The average molecular weight is 218 g/mol. The van der Waals surface area contributed by atoms with E-state index in [-0.39, 0.29) is 12.5 Å². The second kappa shape index (κ2) is 9.89. The molecule has 5 nitrogen and oxygen atoms in total. The highest BCUT2D eigenvalue weighted by atomic mass is 16.5. The smallest absolute Gasteiger partial charge is 0.219 e. The number of amides is 1. The molecular weight excluding hydrogens is 196 g/mol. The Balaban J connectivity index is 3.60. The quantitative estimate of drug-likeness (QED) is 0.545. The second-order valence-electron chi connectivity index (χ2n) is 3.33. The van der Waals surface area contributed by atoms with Gasteiger partial charge in [0.2, 0.25) is 5.91 Å². The summed E-state index contributed by atoms with van der Waals surface area (Å²) < 4.78 is 4.96. The summed E-state index contributed by atoms with van der Waals surface area (Å²) in [6.07, 6.45) is 1.34. The molecule has 0 aliphatic heterocycles.